The second-order valence-corrected chi connectivity index (χ2v) is 6.58. The molecule has 1 heterocycles. The Labute approximate surface area is 166 Å². The standard InChI is InChI=1S/C20H18ClN3O4/c1-12-4-3-5-15(19(12)26)20(27)28-11-18(25)22-17-10-16(23-24(17)2)13-6-8-14(21)9-7-13/h3-10,26H,11H2,1-2H3,(H,22,25). The molecule has 0 fully saturated rings. The first kappa shape index (κ1) is 19.4. The summed E-state index contributed by atoms with van der Waals surface area (Å²) in [6.45, 7) is 1.17. The van der Waals surface area contributed by atoms with E-state index in [1.165, 1.54) is 10.7 Å². The van der Waals surface area contributed by atoms with Gasteiger partial charge < -0.3 is 15.2 Å². The van der Waals surface area contributed by atoms with Gasteiger partial charge in [-0.3, -0.25) is 9.48 Å². The molecule has 0 atom stereocenters. The van der Waals surface area contributed by atoms with Gasteiger partial charge in [-0.25, -0.2) is 4.79 Å². The number of halogens is 1. The normalized spacial score (nSPS) is 10.5. The summed E-state index contributed by atoms with van der Waals surface area (Å²) < 4.78 is 6.50. The molecular weight excluding hydrogens is 382 g/mol. The SMILES string of the molecule is Cc1cccc(C(=O)OCC(=O)Nc2cc(-c3ccc(Cl)cc3)nn2C)c1O. The van der Waals surface area contributed by atoms with Crippen molar-refractivity contribution in [2.75, 3.05) is 11.9 Å². The van der Waals surface area contributed by atoms with Gasteiger partial charge in [-0.1, -0.05) is 35.9 Å². The van der Waals surface area contributed by atoms with E-state index < -0.39 is 18.5 Å². The van der Waals surface area contributed by atoms with Crippen molar-refractivity contribution >= 4 is 29.3 Å². The molecule has 0 bridgehead atoms. The van der Waals surface area contributed by atoms with Gasteiger partial charge in [0.05, 0.1) is 5.69 Å². The van der Waals surface area contributed by atoms with Crippen molar-refractivity contribution in [3.05, 3.63) is 64.7 Å². The predicted octanol–water partition coefficient (Wildman–Crippen LogP) is 3.55. The molecule has 8 heteroatoms. The lowest BCUT2D eigenvalue weighted by molar-refractivity contribution is -0.119. The maximum Gasteiger partial charge on any atom is 0.342 e. The summed E-state index contributed by atoms with van der Waals surface area (Å²) in [7, 11) is 1.69. The number of carbonyl (C=O) groups excluding carboxylic acids is 2. The summed E-state index contributed by atoms with van der Waals surface area (Å²) in [5, 5.41) is 17.5. The first-order valence-electron chi connectivity index (χ1n) is 8.40. The highest BCUT2D eigenvalue weighted by molar-refractivity contribution is 6.30. The topological polar surface area (TPSA) is 93.5 Å². The molecule has 3 aromatic rings. The Hall–Kier alpha value is -3.32. The fourth-order valence-electron chi connectivity index (χ4n) is 2.56. The minimum atomic E-state index is -0.775. The highest BCUT2D eigenvalue weighted by atomic mass is 35.5. The smallest absolute Gasteiger partial charge is 0.342 e. The molecule has 3 rings (SSSR count). The van der Waals surface area contributed by atoms with Crippen LogP contribution in [0.5, 0.6) is 5.75 Å². The number of para-hydroxylation sites is 1. The molecule has 1 amide bonds. The second-order valence-electron chi connectivity index (χ2n) is 6.14. The van der Waals surface area contributed by atoms with Crippen LogP contribution in [0.2, 0.25) is 5.02 Å². The fourth-order valence-corrected chi connectivity index (χ4v) is 2.68. The average Bonchev–Trinajstić information content (AvgIpc) is 3.03. The molecule has 7 nitrogen and oxygen atoms in total. The van der Waals surface area contributed by atoms with Crippen LogP contribution in [-0.4, -0.2) is 33.4 Å². The van der Waals surface area contributed by atoms with Gasteiger partial charge in [-0.05, 0) is 30.7 Å². The van der Waals surface area contributed by atoms with E-state index in [1.807, 2.05) is 12.1 Å². The first-order valence-corrected chi connectivity index (χ1v) is 8.78. The molecular formula is C20H18ClN3O4. The monoisotopic (exact) mass is 399 g/mol. The number of hydrogen-bond acceptors (Lipinski definition) is 5. The van der Waals surface area contributed by atoms with Crippen LogP contribution in [-0.2, 0) is 16.6 Å². The zero-order chi connectivity index (χ0) is 20.3. The molecule has 1 aromatic heterocycles. The summed E-state index contributed by atoms with van der Waals surface area (Å²) in [6.07, 6.45) is 0. The third-order valence-corrected chi connectivity index (χ3v) is 4.33. The molecule has 2 aromatic carbocycles. The van der Waals surface area contributed by atoms with Crippen molar-refractivity contribution in [3.8, 4) is 17.0 Å². The van der Waals surface area contributed by atoms with E-state index in [9.17, 15) is 14.7 Å². The molecule has 0 aliphatic rings. The summed E-state index contributed by atoms with van der Waals surface area (Å²) in [5.74, 6) is -1.01. The molecule has 2 N–H and O–H groups in total. The molecule has 0 spiro atoms. The highest BCUT2D eigenvalue weighted by Crippen LogP contribution is 2.24. The van der Waals surface area contributed by atoms with E-state index in [-0.39, 0.29) is 11.3 Å². The molecule has 0 aliphatic carbocycles. The quantitative estimate of drug-likeness (QED) is 0.640. The number of amides is 1. The summed E-state index contributed by atoms with van der Waals surface area (Å²) in [6, 6.07) is 13.6. The number of rotatable bonds is 5. The molecule has 144 valence electrons. The van der Waals surface area contributed by atoms with Gasteiger partial charge >= 0.3 is 5.97 Å². The van der Waals surface area contributed by atoms with Crippen LogP contribution >= 0.6 is 11.6 Å². The first-order chi connectivity index (χ1) is 13.3. The van der Waals surface area contributed by atoms with Crippen LogP contribution in [0.4, 0.5) is 5.82 Å². The number of nitrogens with one attached hydrogen (secondary N) is 1. The Morgan fingerprint density at radius 2 is 1.93 bits per heavy atom. The Balaban J connectivity index is 1.63. The molecule has 0 saturated carbocycles. The number of hydrogen-bond donors (Lipinski definition) is 2. The number of phenolic OH excluding ortho intramolecular Hbond substituents is 1. The van der Waals surface area contributed by atoms with Gasteiger partial charge in [0.1, 0.15) is 17.1 Å². The number of ether oxygens (including phenoxy) is 1. The minimum Gasteiger partial charge on any atom is -0.507 e. The highest BCUT2D eigenvalue weighted by Gasteiger charge is 2.16. The van der Waals surface area contributed by atoms with Crippen LogP contribution in [0.1, 0.15) is 15.9 Å². The van der Waals surface area contributed by atoms with Gasteiger partial charge in [-0.15, -0.1) is 0 Å². The van der Waals surface area contributed by atoms with Crippen molar-refractivity contribution in [1.82, 2.24) is 9.78 Å². The van der Waals surface area contributed by atoms with Crippen LogP contribution in [0.25, 0.3) is 11.3 Å². The predicted molar refractivity (Wildman–Crippen MR) is 105 cm³/mol. The molecule has 0 aliphatic heterocycles. The van der Waals surface area contributed by atoms with E-state index >= 15 is 0 Å². The van der Waals surface area contributed by atoms with Crippen molar-refractivity contribution < 1.29 is 19.4 Å². The number of nitrogens with zero attached hydrogens (tertiary/aromatic N) is 2. The fraction of sp³-hybridized carbons (Fsp3) is 0.150. The lowest BCUT2D eigenvalue weighted by Gasteiger charge is -2.08. The number of carbonyl (C=O) groups is 2. The van der Waals surface area contributed by atoms with E-state index in [0.29, 0.717) is 22.1 Å². The van der Waals surface area contributed by atoms with E-state index in [2.05, 4.69) is 10.4 Å². The number of anilines is 1. The van der Waals surface area contributed by atoms with Crippen molar-refractivity contribution in [2.45, 2.75) is 6.92 Å². The summed E-state index contributed by atoms with van der Waals surface area (Å²) >= 11 is 5.89. The van der Waals surface area contributed by atoms with Gasteiger partial charge in [0.15, 0.2) is 6.61 Å². The maximum atomic E-state index is 12.1. The average molecular weight is 400 g/mol. The second kappa shape index (κ2) is 8.14. The van der Waals surface area contributed by atoms with Crippen LogP contribution in [0, 0.1) is 6.92 Å². The van der Waals surface area contributed by atoms with Crippen molar-refractivity contribution in [1.29, 1.82) is 0 Å². The van der Waals surface area contributed by atoms with Gasteiger partial charge in [0, 0.05) is 23.7 Å². The van der Waals surface area contributed by atoms with Crippen LogP contribution in [0.15, 0.2) is 48.5 Å². The molecule has 0 radical (unpaired) electrons. The Morgan fingerprint density at radius 3 is 2.64 bits per heavy atom. The lowest BCUT2D eigenvalue weighted by atomic mass is 10.1. The number of aromatic hydroxyl groups is 1. The minimum absolute atomic E-state index is 0.0124. The largest absolute Gasteiger partial charge is 0.507 e. The number of benzene rings is 2. The van der Waals surface area contributed by atoms with E-state index in [1.54, 1.807) is 44.3 Å². The molecule has 28 heavy (non-hydrogen) atoms. The zero-order valence-electron chi connectivity index (χ0n) is 15.3. The van der Waals surface area contributed by atoms with Crippen molar-refractivity contribution in [3.63, 3.8) is 0 Å². The van der Waals surface area contributed by atoms with Crippen LogP contribution in [0.3, 0.4) is 0 Å². The molecule has 0 unspecified atom stereocenters. The van der Waals surface area contributed by atoms with Gasteiger partial charge in [0.2, 0.25) is 0 Å². The van der Waals surface area contributed by atoms with Gasteiger partial charge in [0.25, 0.3) is 5.91 Å². The van der Waals surface area contributed by atoms with Crippen molar-refractivity contribution in [2.24, 2.45) is 7.05 Å². The summed E-state index contributed by atoms with van der Waals surface area (Å²) in [4.78, 5) is 24.2. The van der Waals surface area contributed by atoms with Gasteiger partial charge in [-0.2, -0.15) is 5.10 Å². The zero-order valence-corrected chi connectivity index (χ0v) is 16.0. The van der Waals surface area contributed by atoms with Crippen LogP contribution < -0.4 is 5.32 Å². The Kier molecular flexibility index (Phi) is 5.65. The number of phenols is 1. The summed E-state index contributed by atoms with van der Waals surface area (Å²) in [5.41, 5.74) is 2.07. The number of aryl methyl sites for hydroxylation is 2. The Morgan fingerprint density at radius 1 is 1.21 bits per heavy atom. The molecule has 0 saturated heterocycles. The lowest BCUT2D eigenvalue weighted by Crippen LogP contribution is -2.22. The maximum absolute atomic E-state index is 12.1. The third kappa shape index (κ3) is 4.32. The Bertz CT molecular complexity index is 1030. The van der Waals surface area contributed by atoms with E-state index in [0.717, 1.165) is 5.56 Å². The number of esters is 1. The third-order valence-electron chi connectivity index (χ3n) is 4.08. The number of aromatic nitrogens is 2. The van der Waals surface area contributed by atoms with E-state index in [4.69, 9.17) is 16.3 Å².